The molecule has 3 rings (SSSR count). The first-order valence-electron chi connectivity index (χ1n) is 7.60. The molecule has 0 saturated carbocycles. The number of hydrogen-bond acceptors (Lipinski definition) is 6. The molecule has 0 radical (unpaired) electrons. The summed E-state index contributed by atoms with van der Waals surface area (Å²) in [4.78, 5) is 8.06. The lowest BCUT2D eigenvalue weighted by Crippen LogP contribution is -2.11. The van der Waals surface area contributed by atoms with Crippen LogP contribution in [0, 0.1) is 5.82 Å². The van der Waals surface area contributed by atoms with Gasteiger partial charge in [0.05, 0.1) is 17.4 Å². The molecule has 7 nitrogen and oxygen atoms in total. The van der Waals surface area contributed by atoms with Crippen molar-refractivity contribution in [3.8, 4) is 11.7 Å². The Bertz CT molecular complexity index is 909. The third kappa shape index (κ3) is 3.90. The molecule has 3 aromatic rings. The molecule has 2 aromatic heterocycles. The van der Waals surface area contributed by atoms with Crippen molar-refractivity contribution in [1.29, 1.82) is 0 Å². The predicted octanol–water partition coefficient (Wildman–Crippen LogP) is 2.93. The van der Waals surface area contributed by atoms with Gasteiger partial charge in [-0.05, 0) is 24.3 Å². The minimum atomic E-state index is -3.30. The number of benzene rings is 1. The zero-order valence-electron chi connectivity index (χ0n) is 13.9. The first-order valence-corrected chi connectivity index (χ1v) is 7.60. The number of halogens is 3. The highest BCUT2D eigenvalue weighted by atomic mass is 19.3. The van der Waals surface area contributed by atoms with E-state index in [1.807, 2.05) is 0 Å². The van der Waals surface area contributed by atoms with E-state index in [1.54, 1.807) is 13.1 Å². The lowest BCUT2D eigenvalue weighted by molar-refractivity contribution is 0.0137. The smallest absolute Gasteiger partial charge is 0.318 e. The number of rotatable bonds is 6. The Morgan fingerprint density at radius 2 is 2.08 bits per heavy atom. The fourth-order valence-corrected chi connectivity index (χ4v) is 2.17. The topological polar surface area (TPSA) is 77.8 Å². The van der Waals surface area contributed by atoms with Crippen molar-refractivity contribution in [3.05, 3.63) is 53.7 Å². The molecule has 26 heavy (non-hydrogen) atoms. The van der Waals surface area contributed by atoms with Crippen LogP contribution in [-0.2, 0) is 12.5 Å². The number of ether oxygens (including phenoxy) is 1. The Morgan fingerprint density at radius 3 is 2.81 bits per heavy atom. The highest BCUT2D eigenvalue weighted by Gasteiger charge is 2.28. The van der Waals surface area contributed by atoms with Crippen molar-refractivity contribution in [1.82, 2.24) is 25.0 Å². The number of hydrogen-bond donors (Lipinski definition) is 1. The lowest BCUT2D eigenvalue weighted by atomic mass is 10.1. The number of anilines is 1. The average Bonchev–Trinajstić information content (AvgIpc) is 3.08. The van der Waals surface area contributed by atoms with Gasteiger partial charge in [-0.2, -0.15) is 4.98 Å². The monoisotopic (exact) mass is 364 g/mol. The van der Waals surface area contributed by atoms with Crippen LogP contribution in [-0.4, -0.2) is 32.0 Å². The summed E-state index contributed by atoms with van der Waals surface area (Å²) in [7, 11) is 1.72. The average molecular weight is 364 g/mol. The third-order valence-corrected chi connectivity index (χ3v) is 3.47. The first-order chi connectivity index (χ1) is 12.4. The Hall–Kier alpha value is -3.17. The fraction of sp³-hybridized carbons (Fsp3) is 0.250. The SMILES string of the molecule is CNc1ccnc(OCc2cn(-c3ccc(F)c(C(C)(F)F)c3)nn2)n1. The summed E-state index contributed by atoms with van der Waals surface area (Å²) in [5.74, 6) is -3.69. The molecule has 2 heterocycles. The molecule has 136 valence electrons. The summed E-state index contributed by atoms with van der Waals surface area (Å²) >= 11 is 0. The van der Waals surface area contributed by atoms with Crippen LogP contribution >= 0.6 is 0 Å². The van der Waals surface area contributed by atoms with Gasteiger partial charge in [-0.3, -0.25) is 0 Å². The van der Waals surface area contributed by atoms with Crippen LogP contribution in [0.25, 0.3) is 5.69 Å². The molecule has 0 unspecified atom stereocenters. The van der Waals surface area contributed by atoms with Gasteiger partial charge >= 0.3 is 6.01 Å². The molecule has 0 amide bonds. The van der Waals surface area contributed by atoms with Gasteiger partial charge in [-0.15, -0.1) is 5.10 Å². The summed E-state index contributed by atoms with van der Waals surface area (Å²) < 4.78 is 47.2. The molecule has 0 atom stereocenters. The van der Waals surface area contributed by atoms with E-state index in [4.69, 9.17) is 4.74 Å². The van der Waals surface area contributed by atoms with Gasteiger partial charge in [0.2, 0.25) is 0 Å². The van der Waals surface area contributed by atoms with Gasteiger partial charge in [-0.25, -0.2) is 22.8 Å². The van der Waals surface area contributed by atoms with Crippen LogP contribution in [0.5, 0.6) is 6.01 Å². The molecule has 1 N–H and O–H groups in total. The molecule has 10 heteroatoms. The van der Waals surface area contributed by atoms with Crippen molar-refractivity contribution in [3.63, 3.8) is 0 Å². The maximum absolute atomic E-state index is 13.6. The predicted molar refractivity (Wildman–Crippen MR) is 86.8 cm³/mol. The van der Waals surface area contributed by atoms with Crippen LogP contribution in [0.2, 0.25) is 0 Å². The maximum atomic E-state index is 13.6. The molecule has 0 aliphatic rings. The highest BCUT2D eigenvalue weighted by Crippen LogP contribution is 2.30. The van der Waals surface area contributed by atoms with E-state index >= 15 is 0 Å². The second kappa shape index (κ2) is 6.98. The van der Waals surface area contributed by atoms with Crippen molar-refractivity contribution in [2.45, 2.75) is 19.5 Å². The van der Waals surface area contributed by atoms with Crippen LogP contribution in [0.1, 0.15) is 18.2 Å². The normalized spacial score (nSPS) is 11.4. The van der Waals surface area contributed by atoms with E-state index in [9.17, 15) is 13.2 Å². The second-order valence-electron chi connectivity index (χ2n) is 5.47. The van der Waals surface area contributed by atoms with Crippen LogP contribution in [0.4, 0.5) is 19.0 Å². The van der Waals surface area contributed by atoms with Crippen molar-refractivity contribution in [2.24, 2.45) is 0 Å². The van der Waals surface area contributed by atoms with Gasteiger partial charge in [0.15, 0.2) is 0 Å². The molecule has 0 aliphatic carbocycles. The Balaban J connectivity index is 1.75. The molecule has 0 fully saturated rings. The third-order valence-electron chi connectivity index (χ3n) is 3.47. The minimum absolute atomic E-state index is 0.0329. The van der Waals surface area contributed by atoms with Gasteiger partial charge in [0, 0.05) is 20.2 Å². The highest BCUT2D eigenvalue weighted by molar-refractivity contribution is 5.38. The molecule has 1 aromatic carbocycles. The molecule has 0 bridgehead atoms. The van der Waals surface area contributed by atoms with Crippen molar-refractivity contribution in [2.75, 3.05) is 12.4 Å². The number of nitrogens with one attached hydrogen (secondary N) is 1. The number of alkyl halides is 2. The molecular weight excluding hydrogens is 349 g/mol. The van der Waals surface area contributed by atoms with Gasteiger partial charge in [-0.1, -0.05) is 5.21 Å². The zero-order valence-corrected chi connectivity index (χ0v) is 13.9. The van der Waals surface area contributed by atoms with E-state index in [0.717, 1.165) is 12.1 Å². The van der Waals surface area contributed by atoms with Gasteiger partial charge in [0.25, 0.3) is 5.92 Å². The first kappa shape index (κ1) is 17.6. The second-order valence-corrected chi connectivity index (χ2v) is 5.47. The Labute approximate surface area is 146 Å². The standard InChI is InChI=1S/C16H15F3N6O/c1-16(18,19)12-7-11(3-4-13(12)17)25-8-10(23-24-25)9-26-15-21-6-5-14(20-2)22-15/h3-8H,9H2,1-2H3,(H,20,21,22). The largest absolute Gasteiger partial charge is 0.457 e. The van der Waals surface area contributed by atoms with Crippen molar-refractivity contribution < 1.29 is 17.9 Å². The van der Waals surface area contributed by atoms with E-state index < -0.39 is 17.3 Å². The van der Waals surface area contributed by atoms with E-state index in [-0.39, 0.29) is 18.3 Å². The molecular formula is C16H15F3N6O. The molecule has 0 aliphatic heterocycles. The Kier molecular flexibility index (Phi) is 4.74. The van der Waals surface area contributed by atoms with Gasteiger partial charge in [0.1, 0.15) is 23.9 Å². The lowest BCUT2D eigenvalue weighted by Gasteiger charge is -2.12. The van der Waals surface area contributed by atoms with Crippen LogP contribution < -0.4 is 10.1 Å². The number of nitrogens with zero attached hydrogens (tertiary/aromatic N) is 5. The number of aromatic nitrogens is 5. The van der Waals surface area contributed by atoms with Crippen molar-refractivity contribution >= 4 is 5.82 Å². The van der Waals surface area contributed by atoms with Crippen LogP contribution in [0.3, 0.4) is 0 Å². The van der Waals surface area contributed by atoms with E-state index in [1.165, 1.54) is 23.1 Å². The summed E-state index contributed by atoms with van der Waals surface area (Å²) in [5, 5.41) is 10.6. The van der Waals surface area contributed by atoms with E-state index in [0.29, 0.717) is 18.4 Å². The molecule has 0 spiro atoms. The van der Waals surface area contributed by atoms with Gasteiger partial charge < -0.3 is 10.1 Å². The summed E-state index contributed by atoms with van der Waals surface area (Å²) in [6, 6.07) is 5.17. The van der Waals surface area contributed by atoms with E-state index in [2.05, 4.69) is 25.6 Å². The fourth-order valence-electron chi connectivity index (χ4n) is 2.17. The maximum Gasteiger partial charge on any atom is 0.318 e. The quantitative estimate of drug-likeness (QED) is 0.725. The molecule has 0 saturated heterocycles. The zero-order chi connectivity index (χ0) is 18.7. The Morgan fingerprint density at radius 1 is 1.27 bits per heavy atom. The summed E-state index contributed by atoms with van der Waals surface area (Å²) in [6.45, 7) is 0.667. The minimum Gasteiger partial charge on any atom is -0.457 e. The summed E-state index contributed by atoms with van der Waals surface area (Å²) in [6.07, 6.45) is 3.03. The summed E-state index contributed by atoms with van der Waals surface area (Å²) in [5.41, 5.74) is -0.0201. The van der Waals surface area contributed by atoms with Crippen LogP contribution in [0.15, 0.2) is 36.7 Å².